The van der Waals surface area contributed by atoms with Crippen LogP contribution in [0.1, 0.15) is 36.0 Å². The summed E-state index contributed by atoms with van der Waals surface area (Å²) >= 11 is 0. The minimum atomic E-state index is -0.198. The van der Waals surface area contributed by atoms with E-state index in [0.29, 0.717) is 5.92 Å². The van der Waals surface area contributed by atoms with Crippen LogP contribution in [0.15, 0.2) is 48.5 Å². The number of benzene rings is 2. The van der Waals surface area contributed by atoms with E-state index in [9.17, 15) is 4.39 Å². The second-order valence-corrected chi connectivity index (χ2v) is 8.08. The Morgan fingerprint density at radius 1 is 1.03 bits per heavy atom. The first-order valence-electron chi connectivity index (χ1n) is 10.5. The molecule has 5 nitrogen and oxygen atoms in total. The van der Waals surface area contributed by atoms with Gasteiger partial charge in [-0.25, -0.2) is 4.39 Å². The van der Waals surface area contributed by atoms with Gasteiger partial charge in [-0.3, -0.25) is 4.90 Å². The molecule has 3 heterocycles. The van der Waals surface area contributed by atoms with Crippen molar-refractivity contribution in [2.75, 3.05) is 19.6 Å². The molecule has 2 aromatic carbocycles. The van der Waals surface area contributed by atoms with Crippen molar-refractivity contribution in [3.05, 3.63) is 71.6 Å². The van der Waals surface area contributed by atoms with Gasteiger partial charge in [-0.15, -0.1) is 10.2 Å². The van der Waals surface area contributed by atoms with Crippen LogP contribution in [0.5, 0.6) is 0 Å². The van der Waals surface area contributed by atoms with Gasteiger partial charge in [0.05, 0.1) is 6.54 Å². The highest BCUT2D eigenvalue weighted by atomic mass is 19.1. The maximum absolute atomic E-state index is 13.2. The largest absolute Gasteiger partial charge is 0.312 e. The zero-order valence-electron chi connectivity index (χ0n) is 16.5. The number of hydrogen-bond donors (Lipinski definition) is 1. The Morgan fingerprint density at radius 2 is 1.93 bits per heavy atom. The average Bonchev–Trinajstić information content (AvgIpc) is 3.19. The molecule has 3 aromatic rings. The Kier molecular flexibility index (Phi) is 5.12. The summed E-state index contributed by atoms with van der Waals surface area (Å²) in [6, 6.07) is 15.3. The predicted molar refractivity (Wildman–Crippen MR) is 111 cm³/mol. The lowest BCUT2D eigenvalue weighted by atomic mass is 9.96. The standard InChI is InChI=1S/C23H26FN5/c24-21-8-6-18(7-9-21)19-4-1-3-17(13-19)15-28-11-2-5-20(16-28)23-27-26-22-14-25-10-12-29(22)23/h1,3-4,6-9,13,20,25H,2,5,10-12,14-16H2/t20-/m0/s1. The van der Waals surface area contributed by atoms with Gasteiger partial charge in [-0.1, -0.05) is 30.3 Å². The Labute approximate surface area is 170 Å². The summed E-state index contributed by atoms with van der Waals surface area (Å²) in [5.74, 6) is 2.47. The number of rotatable bonds is 4. The molecule has 0 unspecified atom stereocenters. The third-order valence-electron chi connectivity index (χ3n) is 6.03. The van der Waals surface area contributed by atoms with Gasteiger partial charge in [0.25, 0.3) is 0 Å². The molecule has 1 atom stereocenters. The van der Waals surface area contributed by atoms with E-state index in [0.717, 1.165) is 62.0 Å². The highest BCUT2D eigenvalue weighted by Crippen LogP contribution is 2.28. The van der Waals surface area contributed by atoms with Crippen LogP contribution < -0.4 is 5.32 Å². The van der Waals surface area contributed by atoms with Gasteiger partial charge in [0.15, 0.2) is 0 Å². The first-order valence-corrected chi connectivity index (χ1v) is 10.5. The molecule has 2 aliphatic rings. The van der Waals surface area contributed by atoms with Crippen molar-refractivity contribution < 1.29 is 4.39 Å². The van der Waals surface area contributed by atoms with Gasteiger partial charge >= 0.3 is 0 Å². The van der Waals surface area contributed by atoms with Crippen LogP contribution in [0.2, 0.25) is 0 Å². The highest BCUT2D eigenvalue weighted by molar-refractivity contribution is 5.64. The molecule has 0 amide bonds. The van der Waals surface area contributed by atoms with Crippen LogP contribution in [0.3, 0.4) is 0 Å². The van der Waals surface area contributed by atoms with E-state index in [4.69, 9.17) is 0 Å². The number of hydrogen-bond acceptors (Lipinski definition) is 4. The summed E-state index contributed by atoms with van der Waals surface area (Å²) in [5.41, 5.74) is 3.48. The first kappa shape index (κ1) is 18.5. The van der Waals surface area contributed by atoms with Crippen LogP contribution in [0.4, 0.5) is 4.39 Å². The zero-order valence-corrected chi connectivity index (χ0v) is 16.5. The SMILES string of the molecule is Fc1ccc(-c2cccc(CN3CCC[C@H](c4nnc5n4CCNC5)C3)c2)cc1. The Bertz CT molecular complexity index is 981. The van der Waals surface area contributed by atoms with Crippen molar-refractivity contribution in [1.29, 1.82) is 0 Å². The van der Waals surface area contributed by atoms with Gasteiger partial charge in [0, 0.05) is 32.1 Å². The van der Waals surface area contributed by atoms with Crippen LogP contribution in [0, 0.1) is 5.82 Å². The summed E-state index contributed by atoms with van der Waals surface area (Å²) in [7, 11) is 0. The molecule has 1 saturated heterocycles. The lowest BCUT2D eigenvalue weighted by Gasteiger charge is -2.33. The molecule has 6 heteroatoms. The van der Waals surface area contributed by atoms with E-state index < -0.39 is 0 Å². The Hall–Kier alpha value is -2.57. The Balaban J connectivity index is 1.30. The van der Waals surface area contributed by atoms with Crippen LogP contribution in [0.25, 0.3) is 11.1 Å². The van der Waals surface area contributed by atoms with Crippen molar-refractivity contribution in [1.82, 2.24) is 25.0 Å². The van der Waals surface area contributed by atoms with E-state index >= 15 is 0 Å². The fourth-order valence-corrected chi connectivity index (χ4v) is 4.58. The van der Waals surface area contributed by atoms with Gasteiger partial charge in [0.1, 0.15) is 17.5 Å². The van der Waals surface area contributed by atoms with E-state index in [1.165, 1.54) is 30.5 Å². The van der Waals surface area contributed by atoms with Gasteiger partial charge in [0.2, 0.25) is 0 Å². The molecule has 5 rings (SSSR count). The fourth-order valence-electron chi connectivity index (χ4n) is 4.58. The number of piperidine rings is 1. The number of nitrogens with zero attached hydrogens (tertiary/aromatic N) is 4. The topological polar surface area (TPSA) is 46.0 Å². The fraction of sp³-hybridized carbons (Fsp3) is 0.391. The quantitative estimate of drug-likeness (QED) is 0.739. The summed E-state index contributed by atoms with van der Waals surface area (Å²) < 4.78 is 15.5. The highest BCUT2D eigenvalue weighted by Gasteiger charge is 2.27. The van der Waals surface area contributed by atoms with Crippen LogP contribution >= 0.6 is 0 Å². The molecule has 0 spiro atoms. The molecule has 0 aliphatic carbocycles. The van der Waals surface area contributed by atoms with E-state index in [1.807, 2.05) is 12.1 Å². The van der Waals surface area contributed by atoms with Crippen molar-refractivity contribution in [3.8, 4) is 11.1 Å². The number of aromatic nitrogens is 3. The van der Waals surface area contributed by atoms with Gasteiger partial charge in [-0.05, 0) is 54.3 Å². The minimum absolute atomic E-state index is 0.198. The predicted octanol–water partition coefficient (Wildman–Crippen LogP) is 3.57. The molecule has 2 aliphatic heterocycles. The van der Waals surface area contributed by atoms with E-state index in [2.05, 4.69) is 49.2 Å². The molecule has 0 saturated carbocycles. The van der Waals surface area contributed by atoms with Gasteiger partial charge < -0.3 is 9.88 Å². The number of halogens is 1. The molecule has 29 heavy (non-hydrogen) atoms. The second kappa shape index (κ2) is 8.05. The van der Waals surface area contributed by atoms with Crippen molar-refractivity contribution in [2.45, 2.75) is 38.4 Å². The monoisotopic (exact) mass is 391 g/mol. The smallest absolute Gasteiger partial charge is 0.147 e. The molecule has 1 fully saturated rings. The van der Waals surface area contributed by atoms with Crippen LogP contribution in [-0.4, -0.2) is 39.3 Å². The Morgan fingerprint density at radius 3 is 2.83 bits per heavy atom. The number of fused-ring (bicyclic) bond motifs is 1. The molecule has 150 valence electrons. The van der Waals surface area contributed by atoms with Crippen molar-refractivity contribution in [3.63, 3.8) is 0 Å². The number of nitrogens with one attached hydrogen (secondary N) is 1. The average molecular weight is 391 g/mol. The third-order valence-corrected chi connectivity index (χ3v) is 6.03. The molecular weight excluding hydrogens is 365 g/mol. The molecule has 1 aromatic heterocycles. The van der Waals surface area contributed by atoms with E-state index in [1.54, 1.807) is 0 Å². The molecule has 0 bridgehead atoms. The summed E-state index contributed by atoms with van der Waals surface area (Å²) in [5, 5.41) is 12.3. The normalized spacial score (nSPS) is 19.8. The first-order chi connectivity index (χ1) is 14.3. The van der Waals surface area contributed by atoms with Crippen molar-refractivity contribution in [2.24, 2.45) is 0 Å². The summed E-state index contributed by atoms with van der Waals surface area (Å²) in [6.07, 6.45) is 2.36. The summed E-state index contributed by atoms with van der Waals surface area (Å²) in [4.78, 5) is 2.53. The third kappa shape index (κ3) is 3.95. The zero-order chi connectivity index (χ0) is 19.6. The van der Waals surface area contributed by atoms with E-state index in [-0.39, 0.29) is 5.82 Å². The minimum Gasteiger partial charge on any atom is -0.312 e. The summed E-state index contributed by atoms with van der Waals surface area (Å²) in [6.45, 7) is 5.83. The molecule has 0 radical (unpaired) electrons. The molecular formula is C23H26FN5. The van der Waals surface area contributed by atoms with Crippen molar-refractivity contribution >= 4 is 0 Å². The lowest BCUT2D eigenvalue weighted by Crippen LogP contribution is -2.36. The second-order valence-electron chi connectivity index (χ2n) is 8.08. The maximum atomic E-state index is 13.2. The van der Waals surface area contributed by atoms with Crippen LogP contribution in [-0.2, 0) is 19.6 Å². The number of likely N-dealkylation sites (tertiary alicyclic amines) is 1. The van der Waals surface area contributed by atoms with Gasteiger partial charge in [-0.2, -0.15) is 0 Å². The maximum Gasteiger partial charge on any atom is 0.147 e. The molecule has 1 N–H and O–H groups in total. The lowest BCUT2D eigenvalue weighted by molar-refractivity contribution is 0.194.